The topological polar surface area (TPSA) is 46.5 Å². The van der Waals surface area contributed by atoms with E-state index in [9.17, 15) is 9.90 Å². The minimum Gasteiger partial charge on any atom is -0.493 e. The summed E-state index contributed by atoms with van der Waals surface area (Å²) in [5.41, 5.74) is 0.623. The average Bonchev–Trinajstić information content (AvgIpc) is 2.83. The van der Waals surface area contributed by atoms with E-state index >= 15 is 0 Å². The van der Waals surface area contributed by atoms with E-state index in [2.05, 4.69) is 19.1 Å². The van der Waals surface area contributed by atoms with Crippen molar-refractivity contribution in [2.45, 2.75) is 44.1 Å². The zero-order valence-electron chi connectivity index (χ0n) is 13.5. The molecule has 1 saturated carbocycles. The molecule has 1 fully saturated rings. The molecule has 4 heteroatoms. The molecular formula is C19H25ClO3. The molecule has 0 spiro atoms. The summed E-state index contributed by atoms with van der Waals surface area (Å²) >= 11 is 6.41. The molecule has 1 N–H and O–H groups in total. The summed E-state index contributed by atoms with van der Waals surface area (Å²) in [6, 6.07) is 7.00. The number of ether oxygens (including phenoxy) is 1. The second kappa shape index (κ2) is 9.09. The van der Waals surface area contributed by atoms with Gasteiger partial charge in [0.1, 0.15) is 12.0 Å². The van der Waals surface area contributed by atoms with Crippen LogP contribution in [0.15, 0.2) is 36.4 Å². The number of allylic oxidation sites excluding steroid dienone is 2. The molecule has 1 aliphatic carbocycles. The smallest absolute Gasteiger partial charge is 0.150 e. The van der Waals surface area contributed by atoms with Crippen LogP contribution in [0.5, 0.6) is 5.75 Å². The van der Waals surface area contributed by atoms with E-state index in [1.165, 1.54) is 0 Å². The van der Waals surface area contributed by atoms with Crippen LogP contribution in [0.1, 0.15) is 43.0 Å². The van der Waals surface area contributed by atoms with Gasteiger partial charge in [0, 0.05) is 16.9 Å². The third-order valence-corrected chi connectivity index (χ3v) is 4.97. The third-order valence-electron chi connectivity index (χ3n) is 4.46. The number of aliphatic hydroxyl groups excluding tert-OH is 1. The first-order valence-corrected chi connectivity index (χ1v) is 8.74. The van der Waals surface area contributed by atoms with Crippen molar-refractivity contribution in [2.24, 2.45) is 11.8 Å². The molecule has 3 nitrogen and oxygen atoms in total. The molecule has 1 aliphatic rings. The Balaban J connectivity index is 1.92. The fraction of sp³-hybridized carbons (Fsp3) is 0.526. The Morgan fingerprint density at radius 2 is 2.00 bits per heavy atom. The number of carbonyl (C=O) groups excluding carboxylic acids is 1. The summed E-state index contributed by atoms with van der Waals surface area (Å²) in [5.74, 6) is 0.977. The van der Waals surface area contributed by atoms with Gasteiger partial charge in [0.05, 0.1) is 12.7 Å². The minimum absolute atomic E-state index is 0.0117. The molecule has 0 unspecified atom stereocenters. The number of carbonyl (C=O) groups is 1. The molecule has 1 aromatic carbocycles. The lowest BCUT2D eigenvalue weighted by atomic mass is 9.92. The summed E-state index contributed by atoms with van der Waals surface area (Å²) in [6.45, 7) is 2.59. The molecule has 0 heterocycles. The number of benzene rings is 1. The van der Waals surface area contributed by atoms with E-state index in [-0.39, 0.29) is 17.2 Å². The van der Waals surface area contributed by atoms with E-state index in [1.54, 1.807) is 24.3 Å². The number of aliphatic hydroxyl groups is 1. The fourth-order valence-corrected chi connectivity index (χ4v) is 3.54. The molecule has 23 heavy (non-hydrogen) atoms. The van der Waals surface area contributed by atoms with Crippen LogP contribution in [0.3, 0.4) is 0 Å². The van der Waals surface area contributed by atoms with Gasteiger partial charge in [-0.2, -0.15) is 0 Å². The molecule has 0 aliphatic heterocycles. The van der Waals surface area contributed by atoms with Crippen molar-refractivity contribution in [3.05, 3.63) is 42.0 Å². The van der Waals surface area contributed by atoms with Crippen LogP contribution in [0.4, 0.5) is 0 Å². The summed E-state index contributed by atoms with van der Waals surface area (Å²) in [6.07, 6.45) is 8.45. The van der Waals surface area contributed by atoms with Crippen LogP contribution >= 0.6 is 11.6 Å². The normalized spacial score (nSPS) is 27.4. The molecule has 126 valence electrons. The molecule has 0 radical (unpaired) electrons. The van der Waals surface area contributed by atoms with Crippen LogP contribution in [0.25, 0.3) is 0 Å². The largest absolute Gasteiger partial charge is 0.493 e. The molecule has 0 bridgehead atoms. The van der Waals surface area contributed by atoms with Crippen LogP contribution in [-0.2, 0) is 0 Å². The van der Waals surface area contributed by atoms with Crippen molar-refractivity contribution in [3.63, 3.8) is 0 Å². The van der Waals surface area contributed by atoms with E-state index < -0.39 is 6.10 Å². The Bertz CT molecular complexity index is 512. The van der Waals surface area contributed by atoms with E-state index in [0.29, 0.717) is 24.3 Å². The highest BCUT2D eigenvalue weighted by molar-refractivity contribution is 6.21. The standard InChI is InChI=1S/C19H25ClO3/c1-2-3-4-5-6-16-17(19(22)11-18(16)20)13-23-15-9-7-14(12-21)8-10-15/h4-5,7-10,12,16-19,22H,2-3,6,11,13H2,1H3/b5-4-/t16-,17-,18-,19-/m1/s1. The summed E-state index contributed by atoms with van der Waals surface area (Å²) in [7, 11) is 0. The van der Waals surface area contributed by atoms with Gasteiger partial charge in [0.25, 0.3) is 0 Å². The van der Waals surface area contributed by atoms with Gasteiger partial charge >= 0.3 is 0 Å². The monoisotopic (exact) mass is 336 g/mol. The van der Waals surface area contributed by atoms with Gasteiger partial charge in [-0.3, -0.25) is 4.79 Å². The van der Waals surface area contributed by atoms with Gasteiger partial charge in [-0.1, -0.05) is 25.5 Å². The van der Waals surface area contributed by atoms with Gasteiger partial charge in [-0.15, -0.1) is 11.6 Å². The number of hydrogen-bond acceptors (Lipinski definition) is 3. The summed E-state index contributed by atoms with van der Waals surface area (Å²) in [4.78, 5) is 10.7. The highest BCUT2D eigenvalue weighted by atomic mass is 35.5. The predicted molar refractivity (Wildman–Crippen MR) is 93.2 cm³/mol. The maximum atomic E-state index is 10.7. The quantitative estimate of drug-likeness (QED) is 0.439. The Morgan fingerprint density at radius 3 is 2.65 bits per heavy atom. The first-order valence-electron chi connectivity index (χ1n) is 8.30. The molecule has 0 aromatic heterocycles. The zero-order valence-corrected chi connectivity index (χ0v) is 14.3. The highest BCUT2D eigenvalue weighted by Crippen LogP contribution is 2.39. The van der Waals surface area contributed by atoms with Gasteiger partial charge in [0.15, 0.2) is 0 Å². The maximum Gasteiger partial charge on any atom is 0.150 e. The lowest BCUT2D eigenvalue weighted by Crippen LogP contribution is -2.27. The first-order chi connectivity index (χ1) is 11.2. The van der Waals surface area contributed by atoms with Crippen molar-refractivity contribution in [3.8, 4) is 5.75 Å². The summed E-state index contributed by atoms with van der Waals surface area (Å²) < 4.78 is 5.81. The van der Waals surface area contributed by atoms with Gasteiger partial charge in [0.2, 0.25) is 0 Å². The number of alkyl halides is 1. The second-order valence-corrected chi connectivity index (χ2v) is 6.70. The average molecular weight is 337 g/mol. The number of halogens is 1. The van der Waals surface area contributed by atoms with Crippen LogP contribution in [0, 0.1) is 11.8 Å². The van der Waals surface area contributed by atoms with Gasteiger partial charge in [-0.25, -0.2) is 0 Å². The Kier molecular flexibility index (Phi) is 7.13. The number of rotatable bonds is 8. The number of hydrogen-bond donors (Lipinski definition) is 1. The highest BCUT2D eigenvalue weighted by Gasteiger charge is 2.41. The Hall–Kier alpha value is -1.32. The van der Waals surface area contributed by atoms with Crippen LogP contribution in [0.2, 0.25) is 0 Å². The minimum atomic E-state index is -0.420. The first kappa shape index (κ1) is 18.0. The maximum absolute atomic E-state index is 10.7. The molecule has 4 atom stereocenters. The number of aldehydes is 1. The van der Waals surface area contributed by atoms with E-state index in [4.69, 9.17) is 16.3 Å². The van der Waals surface area contributed by atoms with Crippen molar-refractivity contribution in [1.82, 2.24) is 0 Å². The van der Waals surface area contributed by atoms with Crippen molar-refractivity contribution in [2.75, 3.05) is 6.61 Å². The third kappa shape index (κ3) is 5.08. The Labute approximate surface area is 143 Å². The fourth-order valence-electron chi connectivity index (χ4n) is 3.06. The molecule has 1 aromatic rings. The van der Waals surface area contributed by atoms with E-state index in [1.807, 2.05) is 0 Å². The Morgan fingerprint density at radius 1 is 1.26 bits per heavy atom. The summed E-state index contributed by atoms with van der Waals surface area (Å²) in [5, 5.41) is 10.2. The molecule has 0 saturated heterocycles. The van der Waals surface area contributed by atoms with Crippen LogP contribution < -0.4 is 4.74 Å². The van der Waals surface area contributed by atoms with Gasteiger partial charge < -0.3 is 9.84 Å². The molecule has 0 amide bonds. The van der Waals surface area contributed by atoms with E-state index in [0.717, 1.165) is 25.5 Å². The number of unbranched alkanes of at least 4 members (excludes halogenated alkanes) is 1. The van der Waals surface area contributed by atoms with Crippen molar-refractivity contribution >= 4 is 17.9 Å². The lowest BCUT2D eigenvalue weighted by Gasteiger charge is -2.22. The predicted octanol–water partition coefficient (Wildman–Crippen LogP) is 4.23. The second-order valence-electron chi connectivity index (χ2n) is 6.14. The van der Waals surface area contributed by atoms with Crippen LogP contribution in [-0.4, -0.2) is 29.5 Å². The van der Waals surface area contributed by atoms with Crippen molar-refractivity contribution in [1.29, 1.82) is 0 Å². The lowest BCUT2D eigenvalue weighted by molar-refractivity contribution is 0.0807. The van der Waals surface area contributed by atoms with Gasteiger partial charge in [-0.05, 0) is 49.4 Å². The SMILES string of the molecule is CCC/C=C\C[C@@H]1[C@@H](COc2ccc(C=O)cc2)[C@H](O)C[C@H]1Cl. The van der Waals surface area contributed by atoms with Crippen molar-refractivity contribution < 1.29 is 14.6 Å². The zero-order chi connectivity index (χ0) is 16.7. The molecule has 2 rings (SSSR count). The molecular weight excluding hydrogens is 312 g/mol.